The number of urea groups is 1. The van der Waals surface area contributed by atoms with Gasteiger partial charge in [-0.05, 0) is 18.4 Å². The van der Waals surface area contributed by atoms with Gasteiger partial charge in [-0.25, -0.2) is 4.79 Å². The summed E-state index contributed by atoms with van der Waals surface area (Å²) in [6.45, 7) is 1.23. The lowest BCUT2D eigenvalue weighted by Gasteiger charge is -2.13. The van der Waals surface area contributed by atoms with Crippen molar-refractivity contribution >= 4 is 11.9 Å². The molecule has 2 rings (SSSR count). The summed E-state index contributed by atoms with van der Waals surface area (Å²) in [6.07, 6.45) is 2.25. The fraction of sp³-hybridized carbons (Fsp3) is 0.467. The van der Waals surface area contributed by atoms with Crippen molar-refractivity contribution in [3.05, 3.63) is 35.9 Å². The van der Waals surface area contributed by atoms with E-state index in [4.69, 9.17) is 0 Å². The summed E-state index contributed by atoms with van der Waals surface area (Å²) < 4.78 is 0. The monoisotopic (exact) mass is 275 g/mol. The van der Waals surface area contributed by atoms with E-state index >= 15 is 0 Å². The third kappa shape index (κ3) is 4.26. The van der Waals surface area contributed by atoms with Crippen LogP contribution in [0.4, 0.5) is 4.79 Å². The van der Waals surface area contributed by atoms with Crippen LogP contribution in [-0.2, 0) is 11.2 Å². The Kier molecular flexibility index (Phi) is 4.98. The van der Waals surface area contributed by atoms with Crippen LogP contribution >= 0.6 is 0 Å². The van der Waals surface area contributed by atoms with Crippen molar-refractivity contribution in [3.63, 3.8) is 0 Å². The number of carbonyl (C=O) groups excluding carboxylic acids is 2. The Morgan fingerprint density at radius 3 is 2.75 bits per heavy atom. The number of rotatable bonds is 5. The lowest BCUT2D eigenvalue weighted by atomic mass is 10.1. The van der Waals surface area contributed by atoms with Crippen LogP contribution in [0.25, 0.3) is 0 Å². The third-order valence-electron chi connectivity index (χ3n) is 3.45. The van der Waals surface area contributed by atoms with E-state index in [0.717, 1.165) is 12.8 Å². The number of likely N-dealkylation sites (tertiary alicyclic amines) is 1. The molecule has 0 bridgehead atoms. The molecule has 1 heterocycles. The number of nitrogens with one attached hydrogen (secondary N) is 2. The minimum absolute atomic E-state index is 0.0679. The molecule has 0 aromatic heterocycles. The lowest BCUT2D eigenvalue weighted by molar-refractivity contribution is -0.126. The van der Waals surface area contributed by atoms with E-state index < -0.39 is 0 Å². The molecule has 0 radical (unpaired) electrons. The molecule has 1 atom stereocenters. The second kappa shape index (κ2) is 6.93. The normalized spacial score (nSPS) is 18.1. The first-order chi connectivity index (χ1) is 9.65. The van der Waals surface area contributed by atoms with Gasteiger partial charge in [-0.2, -0.15) is 0 Å². The summed E-state index contributed by atoms with van der Waals surface area (Å²) in [6, 6.07) is 9.94. The standard InChI is InChI=1S/C15H21N3O2/c1-18-11-13(10-14(18)19)17-15(20)16-9-5-8-12-6-3-2-4-7-12/h2-4,6-7,13H,5,8-11H2,1H3,(H2,16,17,20). The van der Waals surface area contributed by atoms with Crippen LogP contribution in [0.1, 0.15) is 18.4 Å². The number of aryl methyl sites for hydroxylation is 1. The van der Waals surface area contributed by atoms with Gasteiger partial charge in [0.15, 0.2) is 0 Å². The average molecular weight is 275 g/mol. The molecule has 108 valence electrons. The molecule has 0 spiro atoms. The molecule has 2 N–H and O–H groups in total. The van der Waals surface area contributed by atoms with E-state index in [-0.39, 0.29) is 18.0 Å². The Bertz CT molecular complexity index is 461. The topological polar surface area (TPSA) is 61.4 Å². The quantitative estimate of drug-likeness (QED) is 0.792. The number of nitrogens with zero attached hydrogens (tertiary/aromatic N) is 1. The zero-order valence-electron chi connectivity index (χ0n) is 11.8. The van der Waals surface area contributed by atoms with Crippen molar-refractivity contribution in [3.8, 4) is 0 Å². The van der Waals surface area contributed by atoms with Gasteiger partial charge in [0, 0.05) is 26.6 Å². The number of amides is 3. The minimum atomic E-state index is -0.189. The second-order valence-corrected chi connectivity index (χ2v) is 5.16. The Balaban J connectivity index is 1.60. The first-order valence-electron chi connectivity index (χ1n) is 6.97. The van der Waals surface area contributed by atoms with Gasteiger partial charge in [-0.3, -0.25) is 4.79 Å². The lowest BCUT2D eigenvalue weighted by Crippen LogP contribution is -2.43. The van der Waals surface area contributed by atoms with Gasteiger partial charge in [-0.1, -0.05) is 30.3 Å². The van der Waals surface area contributed by atoms with E-state index in [1.165, 1.54) is 5.56 Å². The molecule has 1 aliphatic rings. The third-order valence-corrected chi connectivity index (χ3v) is 3.45. The van der Waals surface area contributed by atoms with Crippen molar-refractivity contribution in [2.45, 2.75) is 25.3 Å². The van der Waals surface area contributed by atoms with Crippen LogP contribution in [-0.4, -0.2) is 43.0 Å². The van der Waals surface area contributed by atoms with Crippen molar-refractivity contribution in [2.24, 2.45) is 0 Å². The fourth-order valence-corrected chi connectivity index (χ4v) is 2.34. The van der Waals surface area contributed by atoms with Gasteiger partial charge in [0.05, 0.1) is 6.04 Å². The Hall–Kier alpha value is -2.04. The number of carbonyl (C=O) groups is 2. The van der Waals surface area contributed by atoms with Crippen LogP contribution in [0.5, 0.6) is 0 Å². The van der Waals surface area contributed by atoms with Crippen LogP contribution in [0.2, 0.25) is 0 Å². The van der Waals surface area contributed by atoms with E-state index in [9.17, 15) is 9.59 Å². The van der Waals surface area contributed by atoms with Gasteiger partial charge in [-0.15, -0.1) is 0 Å². The molecular formula is C15H21N3O2. The molecule has 1 aromatic carbocycles. The highest BCUT2D eigenvalue weighted by Gasteiger charge is 2.27. The maximum atomic E-state index is 11.7. The summed E-state index contributed by atoms with van der Waals surface area (Å²) >= 11 is 0. The van der Waals surface area contributed by atoms with Crippen molar-refractivity contribution in [1.29, 1.82) is 0 Å². The number of benzene rings is 1. The van der Waals surface area contributed by atoms with E-state index in [1.54, 1.807) is 11.9 Å². The molecule has 1 saturated heterocycles. The van der Waals surface area contributed by atoms with E-state index in [1.807, 2.05) is 18.2 Å². The van der Waals surface area contributed by atoms with Gasteiger partial charge >= 0.3 is 6.03 Å². The Morgan fingerprint density at radius 2 is 2.10 bits per heavy atom. The predicted molar refractivity (Wildman–Crippen MR) is 77.3 cm³/mol. The predicted octanol–water partition coefficient (Wildman–Crippen LogP) is 1.15. The van der Waals surface area contributed by atoms with Gasteiger partial charge in [0.1, 0.15) is 0 Å². The van der Waals surface area contributed by atoms with Gasteiger partial charge < -0.3 is 15.5 Å². The fourth-order valence-electron chi connectivity index (χ4n) is 2.34. The molecule has 0 aliphatic carbocycles. The highest BCUT2D eigenvalue weighted by molar-refractivity contribution is 5.81. The van der Waals surface area contributed by atoms with Crippen LogP contribution in [0.15, 0.2) is 30.3 Å². The molecule has 5 nitrogen and oxygen atoms in total. The molecule has 1 aliphatic heterocycles. The van der Waals surface area contributed by atoms with Crippen molar-refractivity contribution in [1.82, 2.24) is 15.5 Å². The molecule has 1 fully saturated rings. The van der Waals surface area contributed by atoms with Gasteiger partial charge in [0.2, 0.25) is 5.91 Å². The van der Waals surface area contributed by atoms with Crippen LogP contribution in [0.3, 0.4) is 0 Å². The van der Waals surface area contributed by atoms with Crippen LogP contribution in [0, 0.1) is 0 Å². The molecule has 1 aromatic rings. The highest BCUT2D eigenvalue weighted by atomic mass is 16.2. The molecule has 20 heavy (non-hydrogen) atoms. The average Bonchev–Trinajstić information content (AvgIpc) is 2.74. The Morgan fingerprint density at radius 1 is 1.35 bits per heavy atom. The molecule has 1 unspecified atom stereocenters. The SMILES string of the molecule is CN1CC(NC(=O)NCCCc2ccccc2)CC1=O. The second-order valence-electron chi connectivity index (χ2n) is 5.16. The minimum Gasteiger partial charge on any atom is -0.344 e. The van der Waals surface area contributed by atoms with E-state index in [2.05, 4.69) is 22.8 Å². The maximum Gasteiger partial charge on any atom is 0.315 e. The zero-order valence-corrected chi connectivity index (χ0v) is 11.8. The summed E-state index contributed by atoms with van der Waals surface area (Å²) in [5.74, 6) is 0.0828. The van der Waals surface area contributed by atoms with Crippen LogP contribution < -0.4 is 10.6 Å². The highest BCUT2D eigenvalue weighted by Crippen LogP contribution is 2.07. The van der Waals surface area contributed by atoms with Crippen molar-refractivity contribution in [2.75, 3.05) is 20.1 Å². The smallest absolute Gasteiger partial charge is 0.315 e. The molecular weight excluding hydrogens is 254 g/mol. The first kappa shape index (κ1) is 14.4. The number of hydrogen-bond acceptors (Lipinski definition) is 2. The summed E-state index contributed by atoms with van der Waals surface area (Å²) in [4.78, 5) is 24.6. The van der Waals surface area contributed by atoms with Gasteiger partial charge in [0.25, 0.3) is 0 Å². The van der Waals surface area contributed by atoms with Crippen molar-refractivity contribution < 1.29 is 9.59 Å². The summed E-state index contributed by atoms with van der Waals surface area (Å²) in [5, 5.41) is 5.66. The largest absolute Gasteiger partial charge is 0.344 e. The molecule has 3 amide bonds. The summed E-state index contributed by atoms with van der Waals surface area (Å²) in [5.41, 5.74) is 1.28. The number of hydrogen-bond donors (Lipinski definition) is 2. The number of likely N-dealkylation sites (N-methyl/N-ethyl adjacent to an activating group) is 1. The summed E-state index contributed by atoms with van der Waals surface area (Å²) in [7, 11) is 1.75. The molecule has 5 heteroatoms. The first-order valence-corrected chi connectivity index (χ1v) is 6.97. The van der Waals surface area contributed by atoms with E-state index in [0.29, 0.717) is 19.5 Å². The molecule has 0 saturated carbocycles. The maximum absolute atomic E-state index is 11.7. The Labute approximate surface area is 119 Å². The zero-order chi connectivity index (χ0) is 14.4.